The number of β-lactam (4-membered cyclic amide) rings is 1. The van der Waals surface area contributed by atoms with Crippen LogP contribution in [0.2, 0.25) is 0 Å². The quantitative estimate of drug-likeness (QED) is 0.613. The number of carbonyl (C=O) groups excluding carboxylic acids is 1. The number of carboxylic acids is 1. The van der Waals surface area contributed by atoms with Crippen molar-refractivity contribution in [3.05, 3.63) is 54.3 Å². The van der Waals surface area contributed by atoms with Gasteiger partial charge in [0.2, 0.25) is 15.9 Å². The van der Waals surface area contributed by atoms with Gasteiger partial charge in [-0.15, -0.1) is 11.8 Å². The number of rotatable bonds is 5. The van der Waals surface area contributed by atoms with Crippen LogP contribution in [0, 0.1) is 0 Å². The highest BCUT2D eigenvalue weighted by atomic mass is 32.2. The second-order valence-electron chi connectivity index (χ2n) is 5.20. The number of benzene rings is 1. The van der Waals surface area contributed by atoms with Crippen molar-refractivity contribution in [3.63, 3.8) is 0 Å². The normalized spacial score (nSPS) is 21.9. The van der Waals surface area contributed by atoms with Gasteiger partial charge in [-0.3, -0.25) is 9.69 Å². The molecule has 140 valence electrons. The first-order chi connectivity index (χ1) is 12.4. The van der Waals surface area contributed by atoms with E-state index in [-0.39, 0.29) is 10.6 Å². The first-order valence-corrected chi connectivity index (χ1v) is 9.95. The molecule has 2 aliphatic heterocycles. The third-order valence-electron chi connectivity index (χ3n) is 3.78. The summed E-state index contributed by atoms with van der Waals surface area (Å²) in [7, 11) is -2.86. The molecule has 1 amide bonds. The molecule has 0 bridgehead atoms. The molecule has 1 fully saturated rings. The number of carbonyl (C=O) groups is 2. The van der Waals surface area contributed by atoms with Crippen molar-refractivity contribution in [2.24, 2.45) is 0 Å². The van der Waals surface area contributed by atoms with Gasteiger partial charge in [-0.2, -0.15) is 4.72 Å². The number of fused-ring (bicyclic) bond motifs is 1. The number of carboxylic acid groups (broad SMARTS) is 1. The Labute approximate surface area is 155 Å². The zero-order valence-corrected chi connectivity index (χ0v) is 15.5. The van der Waals surface area contributed by atoms with Gasteiger partial charge >= 0.3 is 5.97 Å². The van der Waals surface area contributed by atoms with Gasteiger partial charge in [0.15, 0.2) is 0 Å². The maximum absolute atomic E-state index is 12.4. The van der Waals surface area contributed by atoms with E-state index in [4.69, 9.17) is 5.11 Å². The van der Waals surface area contributed by atoms with Crippen molar-refractivity contribution in [1.29, 1.82) is 0 Å². The molecule has 0 aromatic heterocycles. The summed E-state index contributed by atoms with van der Waals surface area (Å²) in [5.41, 5.74) is 0.315. The summed E-state index contributed by atoms with van der Waals surface area (Å²) in [6.07, 6.45) is 1.40. The molecule has 1 saturated heterocycles. The molecule has 1 aromatic carbocycles. The van der Waals surface area contributed by atoms with E-state index in [1.807, 2.05) is 0 Å². The van der Waals surface area contributed by atoms with Crippen molar-refractivity contribution >= 4 is 33.7 Å². The fourth-order valence-corrected chi connectivity index (χ4v) is 5.25. The van der Waals surface area contributed by atoms with Gasteiger partial charge < -0.3 is 10.2 Å². The molecule has 0 unspecified atom stereocenters. The van der Waals surface area contributed by atoms with Crippen LogP contribution in [0.4, 0.5) is 0 Å². The second kappa shape index (κ2) is 8.04. The minimum Gasteiger partial charge on any atom is -0.477 e. The lowest BCUT2D eigenvalue weighted by Crippen LogP contribution is -2.70. The van der Waals surface area contributed by atoms with Crippen LogP contribution in [0.5, 0.6) is 0 Å². The molecule has 3 N–H and O–H groups in total. The Bertz CT molecular complexity index is 851. The van der Waals surface area contributed by atoms with Gasteiger partial charge in [0.25, 0.3) is 0 Å². The number of thioether (sulfide) groups is 1. The number of nitrogens with one attached hydrogen (secondary N) is 1. The van der Waals surface area contributed by atoms with Gasteiger partial charge in [-0.25, -0.2) is 13.2 Å². The summed E-state index contributed by atoms with van der Waals surface area (Å²) < 4.78 is 27.1. The minimum atomic E-state index is -3.86. The standard InChI is InChI=1S/C15H14N2O5S2.CH4O/c1-2-9-8-23-14-11(13(18)17(14)12(9)15(19)20)16-24(21,22)10-6-4-3-5-7-10;1-2/h2-7,11,14,16H,1,8H2,(H,19,20);2H,1H3/t11-,14-;/m1./s1. The molecule has 1 aromatic rings. The first kappa shape index (κ1) is 20.2. The smallest absolute Gasteiger partial charge is 0.352 e. The van der Waals surface area contributed by atoms with Crippen LogP contribution in [0.25, 0.3) is 0 Å². The van der Waals surface area contributed by atoms with E-state index in [9.17, 15) is 23.1 Å². The molecule has 0 radical (unpaired) electrons. The Kier molecular flexibility index (Phi) is 6.24. The maximum atomic E-state index is 12.4. The van der Waals surface area contributed by atoms with E-state index in [0.29, 0.717) is 11.3 Å². The van der Waals surface area contributed by atoms with Gasteiger partial charge in [0.05, 0.1) is 4.90 Å². The molecule has 2 aliphatic rings. The number of aliphatic carboxylic acids is 1. The van der Waals surface area contributed by atoms with Crippen LogP contribution in [-0.4, -0.2) is 59.7 Å². The summed E-state index contributed by atoms with van der Waals surface area (Å²) >= 11 is 1.30. The third-order valence-corrected chi connectivity index (χ3v) is 6.54. The SMILES string of the molecule is C=CC1=C(C(=O)O)N2C(=O)[C@@H](NS(=O)(=O)c3ccccc3)[C@H]2SC1.CO. The highest BCUT2D eigenvalue weighted by molar-refractivity contribution is 8.00. The summed E-state index contributed by atoms with van der Waals surface area (Å²) in [5.74, 6) is -1.46. The molecular weight excluding hydrogens is 380 g/mol. The molecule has 2 heterocycles. The molecule has 0 aliphatic carbocycles. The Morgan fingerprint density at radius 3 is 2.50 bits per heavy atom. The lowest BCUT2D eigenvalue weighted by molar-refractivity contribution is -0.148. The van der Waals surface area contributed by atoms with Gasteiger partial charge in [0, 0.05) is 12.9 Å². The Balaban J connectivity index is 0.00000117. The highest BCUT2D eigenvalue weighted by Gasteiger charge is 2.54. The average Bonchev–Trinajstić information content (AvgIpc) is 2.67. The predicted molar refractivity (Wildman–Crippen MR) is 96.6 cm³/mol. The molecule has 10 heteroatoms. The van der Waals surface area contributed by atoms with Crippen LogP contribution >= 0.6 is 11.8 Å². The average molecular weight is 398 g/mol. The molecule has 26 heavy (non-hydrogen) atoms. The largest absolute Gasteiger partial charge is 0.477 e. The van der Waals surface area contributed by atoms with Gasteiger partial charge in [-0.05, 0) is 17.7 Å². The molecule has 2 atom stereocenters. The number of nitrogens with zero attached hydrogens (tertiary/aromatic N) is 1. The number of hydrogen-bond donors (Lipinski definition) is 3. The second-order valence-corrected chi connectivity index (χ2v) is 8.02. The monoisotopic (exact) mass is 398 g/mol. The Hall–Kier alpha value is -2.14. The molecule has 8 nitrogen and oxygen atoms in total. The topological polar surface area (TPSA) is 124 Å². The Morgan fingerprint density at radius 1 is 1.35 bits per heavy atom. The summed E-state index contributed by atoms with van der Waals surface area (Å²) in [4.78, 5) is 24.9. The maximum Gasteiger partial charge on any atom is 0.352 e. The van der Waals surface area contributed by atoms with E-state index >= 15 is 0 Å². The first-order valence-electron chi connectivity index (χ1n) is 7.42. The van der Waals surface area contributed by atoms with Crippen LogP contribution < -0.4 is 4.72 Å². The number of amides is 1. The zero-order valence-electron chi connectivity index (χ0n) is 13.8. The third kappa shape index (κ3) is 3.54. The fraction of sp³-hybridized carbons (Fsp3) is 0.250. The molecule has 0 spiro atoms. The molecular formula is C16H18N2O6S2. The van der Waals surface area contributed by atoms with Gasteiger partial charge in [0.1, 0.15) is 17.1 Å². The van der Waals surface area contributed by atoms with Crippen molar-refractivity contribution in [2.45, 2.75) is 16.3 Å². The van der Waals surface area contributed by atoms with Gasteiger partial charge in [-0.1, -0.05) is 30.9 Å². The summed E-state index contributed by atoms with van der Waals surface area (Å²) in [6.45, 7) is 3.56. The van der Waals surface area contributed by atoms with E-state index < -0.39 is 33.3 Å². The van der Waals surface area contributed by atoms with Crippen molar-refractivity contribution in [1.82, 2.24) is 9.62 Å². The van der Waals surface area contributed by atoms with Crippen LogP contribution in [0.3, 0.4) is 0 Å². The predicted octanol–water partition coefficient (Wildman–Crippen LogP) is 0.382. The number of aliphatic hydroxyl groups excluding tert-OH is 1. The summed E-state index contributed by atoms with van der Waals surface area (Å²) in [6, 6.07) is 6.72. The van der Waals surface area contributed by atoms with Crippen LogP contribution in [0.1, 0.15) is 0 Å². The van der Waals surface area contributed by atoms with E-state index in [1.54, 1.807) is 18.2 Å². The van der Waals surface area contributed by atoms with Crippen molar-refractivity contribution < 1.29 is 28.2 Å². The van der Waals surface area contributed by atoms with Crippen molar-refractivity contribution in [2.75, 3.05) is 12.9 Å². The summed E-state index contributed by atoms with van der Waals surface area (Å²) in [5, 5.41) is 15.8. The van der Waals surface area contributed by atoms with Crippen LogP contribution in [-0.2, 0) is 19.6 Å². The zero-order chi connectivity index (χ0) is 19.5. The minimum absolute atomic E-state index is 0.0536. The van der Waals surface area contributed by atoms with E-state index in [2.05, 4.69) is 11.3 Å². The Morgan fingerprint density at radius 2 is 1.96 bits per heavy atom. The number of allylic oxidation sites excluding steroid dienone is 1. The van der Waals surface area contributed by atoms with Crippen molar-refractivity contribution in [3.8, 4) is 0 Å². The van der Waals surface area contributed by atoms with E-state index in [1.165, 1.54) is 30.0 Å². The number of sulfonamides is 1. The molecule has 3 rings (SSSR count). The molecule has 0 saturated carbocycles. The lowest BCUT2D eigenvalue weighted by atomic mass is 10.0. The number of aliphatic hydroxyl groups is 1. The highest BCUT2D eigenvalue weighted by Crippen LogP contribution is 2.40. The lowest BCUT2D eigenvalue weighted by Gasteiger charge is -2.49. The van der Waals surface area contributed by atoms with E-state index in [0.717, 1.165) is 12.0 Å². The van der Waals surface area contributed by atoms with Crippen LogP contribution in [0.15, 0.2) is 59.2 Å². The number of hydrogen-bond acceptors (Lipinski definition) is 6. The fourth-order valence-electron chi connectivity index (χ4n) is 2.61.